The van der Waals surface area contributed by atoms with Gasteiger partial charge < -0.3 is 24.6 Å². The molecule has 150 valence electrons. The fourth-order valence-corrected chi connectivity index (χ4v) is 3.55. The Morgan fingerprint density at radius 2 is 1.89 bits per heavy atom. The molecule has 0 spiro atoms. The van der Waals surface area contributed by atoms with E-state index in [-0.39, 0.29) is 11.9 Å². The van der Waals surface area contributed by atoms with Crippen LogP contribution in [0.4, 0.5) is 5.69 Å². The number of carbonyl (C=O) groups excluding carboxylic acids is 1. The van der Waals surface area contributed by atoms with Gasteiger partial charge in [-0.25, -0.2) is 0 Å². The first-order valence-electron chi connectivity index (χ1n) is 9.70. The molecular formula is C22H30N3O3+. The maximum atomic E-state index is 12.7. The van der Waals surface area contributed by atoms with E-state index >= 15 is 0 Å². The predicted molar refractivity (Wildman–Crippen MR) is 110 cm³/mol. The van der Waals surface area contributed by atoms with Crippen LogP contribution in [-0.4, -0.2) is 60.0 Å². The van der Waals surface area contributed by atoms with E-state index in [1.807, 2.05) is 26.2 Å². The lowest BCUT2D eigenvalue weighted by atomic mass is 10.0. The van der Waals surface area contributed by atoms with Crippen LogP contribution in [0.3, 0.4) is 0 Å². The molecule has 2 aromatic carbocycles. The van der Waals surface area contributed by atoms with Crippen molar-refractivity contribution < 1.29 is 19.2 Å². The largest absolute Gasteiger partial charge is 0.497 e. The van der Waals surface area contributed by atoms with Crippen molar-refractivity contribution in [3.63, 3.8) is 0 Å². The summed E-state index contributed by atoms with van der Waals surface area (Å²) in [6.07, 6.45) is 0. The van der Waals surface area contributed by atoms with Gasteiger partial charge in [-0.2, -0.15) is 0 Å². The van der Waals surface area contributed by atoms with Gasteiger partial charge in [-0.1, -0.05) is 18.2 Å². The van der Waals surface area contributed by atoms with E-state index in [0.29, 0.717) is 17.9 Å². The molecule has 3 rings (SSSR count). The van der Waals surface area contributed by atoms with Crippen molar-refractivity contribution in [2.45, 2.75) is 6.04 Å². The van der Waals surface area contributed by atoms with Crippen LogP contribution in [0.25, 0.3) is 0 Å². The number of hydrogen-bond acceptors (Lipinski definition) is 4. The van der Waals surface area contributed by atoms with Gasteiger partial charge in [-0.15, -0.1) is 0 Å². The third-order valence-corrected chi connectivity index (χ3v) is 5.24. The Morgan fingerprint density at radius 1 is 1.18 bits per heavy atom. The highest BCUT2D eigenvalue weighted by Crippen LogP contribution is 2.17. The van der Waals surface area contributed by atoms with Crippen LogP contribution in [0.15, 0.2) is 48.5 Å². The minimum absolute atomic E-state index is 0.0820. The Labute approximate surface area is 167 Å². The number of rotatable bonds is 7. The molecule has 1 heterocycles. The van der Waals surface area contributed by atoms with E-state index in [9.17, 15) is 4.79 Å². The maximum absolute atomic E-state index is 12.7. The molecule has 1 amide bonds. The number of nitrogens with zero attached hydrogens (tertiary/aromatic N) is 1. The van der Waals surface area contributed by atoms with Crippen molar-refractivity contribution in [3.05, 3.63) is 59.7 Å². The van der Waals surface area contributed by atoms with Crippen LogP contribution in [0.2, 0.25) is 0 Å². The van der Waals surface area contributed by atoms with Crippen LogP contribution in [0, 0.1) is 0 Å². The Balaban J connectivity index is 1.74. The van der Waals surface area contributed by atoms with E-state index in [0.717, 1.165) is 26.3 Å². The first-order chi connectivity index (χ1) is 13.6. The molecule has 0 aliphatic carbocycles. The number of hydrogen-bond donors (Lipinski definition) is 2. The first kappa shape index (κ1) is 20.2. The van der Waals surface area contributed by atoms with Crippen molar-refractivity contribution >= 4 is 11.6 Å². The summed E-state index contributed by atoms with van der Waals surface area (Å²) in [6.45, 7) is 3.97. The molecule has 28 heavy (non-hydrogen) atoms. The molecule has 1 fully saturated rings. The number of amides is 1. The van der Waals surface area contributed by atoms with Gasteiger partial charge in [-0.3, -0.25) is 4.79 Å². The number of anilines is 1. The minimum Gasteiger partial charge on any atom is -0.497 e. The second-order valence-corrected chi connectivity index (χ2v) is 7.25. The Bertz CT molecular complexity index is 771. The molecule has 2 N–H and O–H groups in total. The van der Waals surface area contributed by atoms with Crippen molar-refractivity contribution in [1.82, 2.24) is 5.32 Å². The van der Waals surface area contributed by atoms with Crippen molar-refractivity contribution in [1.29, 1.82) is 0 Å². The highest BCUT2D eigenvalue weighted by atomic mass is 16.5. The quantitative estimate of drug-likeness (QED) is 0.752. The van der Waals surface area contributed by atoms with Gasteiger partial charge in [0.2, 0.25) is 0 Å². The fraction of sp³-hybridized carbons (Fsp3) is 0.409. The van der Waals surface area contributed by atoms with Crippen LogP contribution in [0.1, 0.15) is 22.0 Å². The maximum Gasteiger partial charge on any atom is 0.251 e. The zero-order chi connectivity index (χ0) is 19.9. The SMILES string of the molecule is COc1cccc(C(=O)NC[C@H](c2ccc(N(C)C)cc2)[NH+]2CCOCC2)c1. The second kappa shape index (κ2) is 9.57. The summed E-state index contributed by atoms with van der Waals surface area (Å²) < 4.78 is 10.8. The van der Waals surface area contributed by atoms with Gasteiger partial charge in [-0.05, 0) is 30.3 Å². The topological polar surface area (TPSA) is 55.2 Å². The number of methoxy groups -OCH3 is 1. The number of morpholine rings is 1. The molecule has 6 nitrogen and oxygen atoms in total. The first-order valence-corrected chi connectivity index (χ1v) is 9.70. The average Bonchev–Trinajstić information content (AvgIpc) is 2.75. The zero-order valence-electron chi connectivity index (χ0n) is 16.9. The molecule has 1 aliphatic heterocycles. The summed E-state index contributed by atoms with van der Waals surface area (Å²) >= 11 is 0. The monoisotopic (exact) mass is 384 g/mol. The summed E-state index contributed by atoms with van der Waals surface area (Å²) in [4.78, 5) is 16.2. The predicted octanol–water partition coefficient (Wildman–Crippen LogP) is 1.15. The molecule has 0 radical (unpaired) electrons. The summed E-state index contributed by atoms with van der Waals surface area (Å²) in [5.41, 5.74) is 3.01. The molecule has 1 aliphatic rings. The molecule has 0 aromatic heterocycles. The summed E-state index contributed by atoms with van der Waals surface area (Å²) in [5, 5.41) is 3.12. The third-order valence-electron chi connectivity index (χ3n) is 5.24. The lowest BCUT2D eigenvalue weighted by Gasteiger charge is -2.32. The second-order valence-electron chi connectivity index (χ2n) is 7.25. The number of benzene rings is 2. The number of ether oxygens (including phenoxy) is 2. The van der Waals surface area contributed by atoms with Gasteiger partial charge >= 0.3 is 0 Å². The molecule has 2 aromatic rings. The van der Waals surface area contributed by atoms with Crippen LogP contribution < -0.4 is 19.9 Å². The van der Waals surface area contributed by atoms with Gasteiger partial charge in [0.05, 0.1) is 26.9 Å². The normalized spacial score (nSPS) is 15.7. The van der Waals surface area contributed by atoms with Gasteiger partial charge in [0.25, 0.3) is 5.91 Å². The van der Waals surface area contributed by atoms with E-state index in [4.69, 9.17) is 9.47 Å². The number of carbonyl (C=O) groups is 1. The molecule has 1 atom stereocenters. The number of quaternary nitrogens is 1. The van der Waals surface area contributed by atoms with E-state index < -0.39 is 0 Å². The fourth-order valence-electron chi connectivity index (χ4n) is 3.55. The zero-order valence-corrected chi connectivity index (χ0v) is 16.9. The molecule has 0 bridgehead atoms. The highest BCUT2D eigenvalue weighted by molar-refractivity contribution is 5.94. The van der Waals surface area contributed by atoms with Crippen LogP contribution >= 0.6 is 0 Å². The lowest BCUT2D eigenvalue weighted by molar-refractivity contribution is -0.937. The molecule has 0 unspecified atom stereocenters. The number of nitrogens with one attached hydrogen (secondary N) is 2. The van der Waals surface area contributed by atoms with Gasteiger partial charge in [0.1, 0.15) is 24.9 Å². The van der Waals surface area contributed by atoms with Crippen LogP contribution in [0.5, 0.6) is 5.75 Å². The summed E-state index contributed by atoms with van der Waals surface area (Å²) in [7, 11) is 5.67. The Kier molecular flexibility index (Phi) is 6.90. The minimum atomic E-state index is -0.0820. The summed E-state index contributed by atoms with van der Waals surface area (Å²) in [6, 6.07) is 16.0. The van der Waals surface area contributed by atoms with Crippen LogP contribution in [-0.2, 0) is 4.74 Å². The van der Waals surface area contributed by atoms with Gasteiger partial charge in [0.15, 0.2) is 0 Å². The van der Waals surface area contributed by atoms with Crippen molar-refractivity contribution in [3.8, 4) is 5.75 Å². The van der Waals surface area contributed by atoms with E-state index in [2.05, 4.69) is 34.5 Å². The Hall–Kier alpha value is -2.57. The van der Waals surface area contributed by atoms with E-state index in [1.54, 1.807) is 19.2 Å². The Morgan fingerprint density at radius 3 is 2.54 bits per heavy atom. The van der Waals surface area contributed by atoms with Crippen molar-refractivity contribution in [2.75, 3.05) is 59.0 Å². The third kappa shape index (κ3) is 5.03. The lowest BCUT2D eigenvalue weighted by Crippen LogP contribution is -3.15. The standard InChI is InChI=1S/C22H29N3O3/c1-24(2)19-9-7-17(8-10-19)21(25-11-13-28-14-12-25)16-23-22(26)18-5-4-6-20(15-18)27-3/h4-10,15,21H,11-14,16H2,1-3H3,(H,23,26)/p+1/t21-/m1/s1. The van der Waals surface area contributed by atoms with Gasteiger partial charge in [0, 0.05) is 30.9 Å². The van der Waals surface area contributed by atoms with E-state index in [1.165, 1.54) is 16.2 Å². The molecule has 6 heteroatoms. The van der Waals surface area contributed by atoms with Crippen molar-refractivity contribution in [2.24, 2.45) is 0 Å². The average molecular weight is 385 g/mol. The molecular weight excluding hydrogens is 354 g/mol. The molecule has 0 saturated carbocycles. The highest BCUT2D eigenvalue weighted by Gasteiger charge is 2.27. The smallest absolute Gasteiger partial charge is 0.251 e. The molecule has 1 saturated heterocycles. The summed E-state index contributed by atoms with van der Waals surface area (Å²) in [5.74, 6) is 0.601.